The van der Waals surface area contributed by atoms with Crippen molar-refractivity contribution in [1.82, 2.24) is 0 Å². The van der Waals surface area contributed by atoms with Gasteiger partial charge in [-0.2, -0.15) is 0 Å². The maximum Gasteiger partial charge on any atom is 0.131 e. The van der Waals surface area contributed by atoms with Crippen LogP contribution in [0.2, 0.25) is 5.02 Å². The van der Waals surface area contributed by atoms with E-state index in [1.54, 1.807) is 12.1 Å². The molecule has 0 heterocycles. The fraction of sp³-hybridized carbons (Fsp3) is 0.0769. The Morgan fingerprint density at radius 1 is 1.12 bits per heavy atom. The zero-order valence-electron chi connectivity index (χ0n) is 8.80. The molecule has 0 aromatic heterocycles. The molecule has 0 aliphatic carbocycles. The van der Waals surface area contributed by atoms with Crippen LogP contribution in [-0.4, -0.2) is 7.05 Å². The van der Waals surface area contributed by atoms with E-state index in [-0.39, 0.29) is 5.82 Å². The SMILES string of the molecule is CNc1cccc(-c2cc(Cl)ccc2F)c1. The maximum absolute atomic E-state index is 13.6. The van der Waals surface area contributed by atoms with Crippen LogP contribution in [0.4, 0.5) is 10.1 Å². The van der Waals surface area contributed by atoms with Crippen LogP contribution in [0.15, 0.2) is 42.5 Å². The topological polar surface area (TPSA) is 12.0 Å². The van der Waals surface area contributed by atoms with E-state index in [4.69, 9.17) is 11.6 Å². The van der Waals surface area contributed by atoms with Gasteiger partial charge in [0.1, 0.15) is 5.82 Å². The van der Waals surface area contributed by atoms with Crippen LogP contribution in [0.5, 0.6) is 0 Å². The van der Waals surface area contributed by atoms with Crippen molar-refractivity contribution in [2.24, 2.45) is 0 Å². The van der Waals surface area contributed by atoms with Crippen LogP contribution in [0.3, 0.4) is 0 Å². The zero-order chi connectivity index (χ0) is 11.5. The number of anilines is 1. The highest BCUT2D eigenvalue weighted by Gasteiger charge is 2.05. The third kappa shape index (κ3) is 2.17. The molecular weight excluding hydrogens is 225 g/mol. The van der Waals surface area contributed by atoms with Crippen molar-refractivity contribution < 1.29 is 4.39 Å². The van der Waals surface area contributed by atoms with Crippen molar-refractivity contribution in [3.63, 3.8) is 0 Å². The minimum atomic E-state index is -0.266. The Labute approximate surface area is 98.9 Å². The Morgan fingerprint density at radius 2 is 1.94 bits per heavy atom. The monoisotopic (exact) mass is 235 g/mol. The van der Waals surface area contributed by atoms with E-state index < -0.39 is 0 Å². The summed E-state index contributed by atoms with van der Waals surface area (Å²) in [4.78, 5) is 0. The fourth-order valence-electron chi connectivity index (χ4n) is 1.56. The third-order valence-electron chi connectivity index (χ3n) is 2.39. The van der Waals surface area contributed by atoms with E-state index in [1.807, 2.05) is 31.3 Å². The summed E-state index contributed by atoms with van der Waals surface area (Å²) in [7, 11) is 1.83. The van der Waals surface area contributed by atoms with Gasteiger partial charge in [0.2, 0.25) is 0 Å². The van der Waals surface area contributed by atoms with E-state index in [9.17, 15) is 4.39 Å². The molecule has 0 radical (unpaired) electrons. The van der Waals surface area contributed by atoms with Gasteiger partial charge in [0.05, 0.1) is 0 Å². The van der Waals surface area contributed by atoms with E-state index in [2.05, 4.69) is 5.32 Å². The largest absolute Gasteiger partial charge is 0.388 e. The lowest BCUT2D eigenvalue weighted by Crippen LogP contribution is -1.89. The molecule has 82 valence electrons. The molecule has 2 aromatic carbocycles. The summed E-state index contributed by atoms with van der Waals surface area (Å²) in [5, 5.41) is 3.55. The lowest BCUT2D eigenvalue weighted by atomic mass is 10.0. The second-order valence-corrected chi connectivity index (χ2v) is 3.89. The second kappa shape index (κ2) is 4.54. The highest BCUT2D eigenvalue weighted by Crippen LogP contribution is 2.27. The van der Waals surface area contributed by atoms with Gasteiger partial charge in [0.15, 0.2) is 0 Å². The summed E-state index contributed by atoms with van der Waals surface area (Å²) in [5.74, 6) is -0.266. The van der Waals surface area contributed by atoms with Gasteiger partial charge in [-0.1, -0.05) is 23.7 Å². The summed E-state index contributed by atoms with van der Waals surface area (Å²) in [6, 6.07) is 12.1. The van der Waals surface area contributed by atoms with Crippen LogP contribution in [-0.2, 0) is 0 Å². The van der Waals surface area contributed by atoms with Crippen LogP contribution in [0, 0.1) is 5.82 Å². The number of halogens is 2. The third-order valence-corrected chi connectivity index (χ3v) is 2.63. The number of hydrogen-bond donors (Lipinski definition) is 1. The van der Waals surface area contributed by atoms with Gasteiger partial charge in [-0.05, 0) is 35.9 Å². The molecule has 0 saturated heterocycles. The highest BCUT2D eigenvalue weighted by molar-refractivity contribution is 6.30. The van der Waals surface area contributed by atoms with E-state index in [1.165, 1.54) is 6.07 Å². The molecule has 0 amide bonds. The zero-order valence-corrected chi connectivity index (χ0v) is 9.55. The van der Waals surface area contributed by atoms with Crippen molar-refractivity contribution in [3.8, 4) is 11.1 Å². The fourth-order valence-corrected chi connectivity index (χ4v) is 1.73. The Hall–Kier alpha value is -1.54. The summed E-state index contributed by atoms with van der Waals surface area (Å²) >= 11 is 5.86. The Kier molecular flexibility index (Phi) is 3.11. The first-order valence-corrected chi connectivity index (χ1v) is 5.32. The van der Waals surface area contributed by atoms with Crippen molar-refractivity contribution >= 4 is 17.3 Å². The predicted octanol–water partition coefficient (Wildman–Crippen LogP) is 4.19. The smallest absolute Gasteiger partial charge is 0.131 e. The van der Waals surface area contributed by atoms with Crippen LogP contribution in [0.1, 0.15) is 0 Å². The molecule has 1 nitrogen and oxygen atoms in total. The molecule has 16 heavy (non-hydrogen) atoms. The molecule has 0 bridgehead atoms. The molecule has 0 aliphatic rings. The number of benzene rings is 2. The molecule has 0 unspecified atom stereocenters. The van der Waals surface area contributed by atoms with Crippen molar-refractivity contribution in [2.75, 3.05) is 12.4 Å². The van der Waals surface area contributed by atoms with Crippen molar-refractivity contribution in [3.05, 3.63) is 53.3 Å². The summed E-state index contributed by atoms with van der Waals surface area (Å²) < 4.78 is 13.6. The molecule has 0 aliphatic heterocycles. The average molecular weight is 236 g/mol. The molecule has 2 rings (SSSR count). The molecule has 0 atom stereocenters. The van der Waals surface area contributed by atoms with Crippen molar-refractivity contribution in [2.45, 2.75) is 0 Å². The van der Waals surface area contributed by atoms with Crippen LogP contribution >= 0.6 is 11.6 Å². The standard InChI is InChI=1S/C13H11ClFN/c1-16-11-4-2-3-9(7-11)12-8-10(14)5-6-13(12)15/h2-8,16H,1H3. The Balaban J connectivity index is 2.53. The summed E-state index contributed by atoms with van der Waals surface area (Å²) in [5.41, 5.74) is 2.27. The van der Waals surface area contributed by atoms with Gasteiger partial charge < -0.3 is 5.32 Å². The number of hydrogen-bond acceptors (Lipinski definition) is 1. The van der Waals surface area contributed by atoms with E-state index >= 15 is 0 Å². The quantitative estimate of drug-likeness (QED) is 0.823. The van der Waals surface area contributed by atoms with E-state index in [0.717, 1.165) is 11.3 Å². The van der Waals surface area contributed by atoms with Gasteiger partial charge in [-0.25, -0.2) is 4.39 Å². The minimum Gasteiger partial charge on any atom is -0.388 e. The number of nitrogens with one attached hydrogen (secondary N) is 1. The lowest BCUT2D eigenvalue weighted by Gasteiger charge is -2.06. The lowest BCUT2D eigenvalue weighted by molar-refractivity contribution is 0.631. The second-order valence-electron chi connectivity index (χ2n) is 3.45. The molecule has 3 heteroatoms. The summed E-state index contributed by atoms with van der Waals surface area (Å²) in [6.45, 7) is 0. The van der Waals surface area contributed by atoms with Crippen LogP contribution < -0.4 is 5.32 Å². The molecule has 0 fully saturated rings. The average Bonchev–Trinajstić information content (AvgIpc) is 2.32. The van der Waals surface area contributed by atoms with Gasteiger partial charge in [-0.3, -0.25) is 0 Å². The normalized spacial score (nSPS) is 10.2. The first kappa shape index (κ1) is 11.0. The van der Waals surface area contributed by atoms with Gasteiger partial charge in [0.25, 0.3) is 0 Å². The first-order chi connectivity index (χ1) is 7.70. The highest BCUT2D eigenvalue weighted by atomic mass is 35.5. The minimum absolute atomic E-state index is 0.266. The van der Waals surface area contributed by atoms with Crippen LogP contribution in [0.25, 0.3) is 11.1 Å². The molecule has 0 spiro atoms. The van der Waals surface area contributed by atoms with Gasteiger partial charge >= 0.3 is 0 Å². The first-order valence-electron chi connectivity index (χ1n) is 4.94. The Morgan fingerprint density at radius 3 is 2.69 bits per heavy atom. The molecule has 1 N–H and O–H groups in total. The maximum atomic E-state index is 13.6. The summed E-state index contributed by atoms with van der Waals surface area (Å²) in [6.07, 6.45) is 0. The molecular formula is C13H11ClFN. The predicted molar refractivity (Wildman–Crippen MR) is 66.4 cm³/mol. The molecule has 2 aromatic rings. The number of rotatable bonds is 2. The van der Waals surface area contributed by atoms with Gasteiger partial charge in [-0.15, -0.1) is 0 Å². The molecule has 0 saturated carbocycles. The van der Waals surface area contributed by atoms with Crippen molar-refractivity contribution in [1.29, 1.82) is 0 Å². The van der Waals surface area contributed by atoms with E-state index in [0.29, 0.717) is 10.6 Å². The Bertz CT molecular complexity index is 511. The van der Waals surface area contributed by atoms with Gasteiger partial charge in [0, 0.05) is 23.3 Å².